The van der Waals surface area contributed by atoms with Crippen molar-refractivity contribution >= 4 is 5.69 Å². The molecule has 0 bridgehead atoms. The Morgan fingerprint density at radius 1 is 1.22 bits per heavy atom. The molecule has 1 aromatic carbocycles. The van der Waals surface area contributed by atoms with Crippen LogP contribution < -0.4 is 10.1 Å². The monoisotopic (exact) mass is 255 g/mol. The third-order valence-electron chi connectivity index (χ3n) is 2.94. The molecule has 0 saturated carbocycles. The van der Waals surface area contributed by atoms with Gasteiger partial charge in [0.15, 0.2) is 6.23 Å². The van der Waals surface area contributed by atoms with E-state index in [1.165, 1.54) is 0 Å². The van der Waals surface area contributed by atoms with Crippen LogP contribution >= 0.6 is 0 Å². The largest absolute Gasteiger partial charge is 0.497 e. The Hall–Kier alpha value is -1.34. The maximum absolute atomic E-state index is 9.75. The number of rotatable bonds is 4. The molecule has 18 heavy (non-hydrogen) atoms. The average molecular weight is 255 g/mol. The fraction of sp³-hybridized carbons (Fsp3) is 0.500. The Morgan fingerprint density at radius 2 is 1.89 bits per heavy atom. The van der Waals surface area contributed by atoms with Crippen molar-refractivity contribution in [1.29, 1.82) is 0 Å². The van der Waals surface area contributed by atoms with Crippen LogP contribution in [0.15, 0.2) is 24.3 Å². The van der Waals surface area contributed by atoms with E-state index in [9.17, 15) is 10.2 Å². The van der Waals surface area contributed by atoms with E-state index in [0.717, 1.165) is 11.4 Å². The summed E-state index contributed by atoms with van der Waals surface area (Å²) in [6.07, 6.45) is -3.68. The smallest absolute Gasteiger partial charge is 0.157 e. The molecule has 1 saturated heterocycles. The summed E-state index contributed by atoms with van der Waals surface area (Å²) in [5.74, 6) is 0.724. The highest BCUT2D eigenvalue weighted by Gasteiger charge is 2.42. The second kappa shape index (κ2) is 5.53. The first-order chi connectivity index (χ1) is 8.65. The Balaban J connectivity index is 2.00. The Morgan fingerprint density at radius 3 is 2.39 bits per heavy atom. The topological polar surface area (TPSA) is 91.2 Å². The molecule has 1 aliphatic rings. The normalized spacial score (nSPS) is 31.3. The summed E-state index contributed by atoms with van der Waals surface area (Å²) in [4.78, 5) is 0. The van der Waals surface area contributed by atoms with Gasteiger partial charge in [0.05, 0.1) is 13.7 Å². The van der Waals surface area contributed by atoms with Gasteiger partial charge in [0.1, 0.15) is 24.1 Å². The van der Waals surface area contributed by atoms with Gasteiger partial charge in [0.2, 0.25) is 0 Å². The zero-order valence-corrected chi connectivity index (χ0v) is 9.98. The first kappa shape index (κ1) is 13.1. The number of aliphatic hydroxyl groups is 3. The van der Waals surface area contributed by atoms with E-state index in [-0.39, 0.29) is 6.61 Å². The second-order valence-electron chi connectivity index (χ2n) is 4.13. The minimum atomic E-state index is -1.09. The van der Waals surface area contributed by atoms with Gasteiger partial charge in [-0.05, 0) is 24.3 Å². The third kappa shape index (κ3) is 2.56. The maximum Gasteiger partial charge on any atom is 0.157 e. The standard InChI is InChI=1S/C12H17NO5/c1-17-8-4-2-7(3-5-8)13-12-11(16)10(15)9(6-14)18-12/h2-5,9-16H,6H2,1H3/t9-,10+,11+,12+/m0/s1. The fourth-order valence-electron chi connectivity index (χ4n) is 1.87. The summed E-state index contributed by atoms with van der Waals surface area (Å²) in [5, 5.41) is 31.2. The van der Waals surface area contributed by atoms with Crippen LogP contribution in [0.5, 0.6) is 5.75 Å². The van der Waals surface area contributed by atoms with Crippen LogP contribution in [0.25, 0.3) is 0 Å². The van der Waals surface area contributed by atoms with Crippen LogP contribution in [-0.2, 0) is 4.74 Å². The van der Waals surface area contributed by atoms with Crippen LogP contribution in [0.1, 0.15) is 0 Å². The molecule has 0 aliphatic carbocycles. The lowest BCUT2D eigenvalue weighted by atomic mass is 10.1. The molecule has 1 fully saturated rings. The Bertz CT molecular complexity index is 383. The molecule has 0 spiro atoms. The molecule has 4 N–H and O–H groups in total. The van der Waals surface area contributed by atoms with Crippen LogP contribution in [-0.4, -0.2) is 53.6 Å². The highest BCUT2D eigenvalue weighted by atomic mass is 16.6. The van der Waals surface area contributed by atoms with Crippen LogP contribution in [0, 0.1) is 0 Å². The molecular formula is C12H17NO5. The fourth-order valence-corrected chi connectivity index (χ4v) is 1.87. The van der Waals surface area contributed by atoms with Gasteiger partial charge in [0, 0.05) is 5.69 Å². The van der Waals surface area contributed by atoms with Crippen molar-refractivity contribution in [2.45, 2.75) is 24.5 Å². The van der Waals surface area contributed by atoms with Crippen molar-refractivity contribution in [3.05, 3.63) is 24.3 Å². The van der Waals surface area contributed by atoms with E-state index in [4.69, 9.17) is 14.6 Å². The molecule has 0 aromatic heterocycles. The van der Waals surface area contributed by atoms with E-state index in [1.807, 2.05) is 0 Å². The lowest BCUT2D eigenvalue weighted by molar-refractivity contribution is -0.0153. The van der Waals surface area contributed by atoms with Gasteiger partial charge >= 0.3 is 0 Å². The van der Waals surface area contributed by atoms with Crippen LogP contribution in [0.3, 0.4) is 0 Å². The summed E-state index contributed by atoms with van der Waals surface area (Å²) < 4.78 is 10.3. The van der Waals surface area contributed by atoms with Crippen LogP contribution in [0.2, 0.25) is 0 Å². The summed E-state index contributed by atoms with van der Waals surface area (Å²) in [5.41, 5.74) is 0.727. The molecule has 1 aliphatic heterocycles. The molecule has 4 atom stereocenters. The van der Waals surface area contributed by atoms with Gasteiger partial charge in [-0.3, -0.25) is 0 Å². The maximum atomic E-state index is 9.75. The van der Waals surface area contributed by atoms with Gasteiger partial charge in [-0.25, -0.2) is 0 Å². The summed E-state index contributed by atoms with van der Waals surface area (Å²) >= 11 is 0. The van der Waals surface area contributed by atoms with Crippen molar-refractivity contribution < 1.29 is 24.8 Å². The molecule has 0 amide bonds. The highest BCUT2D eigenvalue weighted by Crippen LogP contribution is 2.24. The second-order valence-corrected chi connectivity index (χ2v) is 4.13. The average Bonchev–Trinajstić information content (AvgIpc) is 2.67. The van der Waals surface area contributed by atoms with Gasteiger partial charge in [-0.1, -0.05) is 0 Å². The van der Waals surface area contributed by atoms with E-state index >= 15 is 0 Å². The number of methoxy groups -OCH3 is 1. The van der Waals surface area contributed by atoms with E-state index < -0.39 is 24.5 Å². The predicted molar refractivity (Wildman–Crippen MR) is 64.4 cm³/mol. The predicted octanol–water partition coefficient (Wildman–Crippen LogP) is -0.454. The van der Waals surface area contributed by atoms with Gasteiger partial charge in [-0.2, -0.15) is 0 Å². The number of aliphatic hydroxyl groups excluding tert-OH is 3. The minimum Gasteiger partial charge on any atom is -0.497 e. The van der Waals surface area contributed by atoms with E-state index in [2.05, 4.69) is 5.32 Å². The zero-order chi connectivity index (χ0) is 13.1. The Labute approximate surface area is 105 Å². The molecule has 1 heterocycles. The number of hydrogen-bond acceptors (Lipinski definition) is 6. The van der Waals surface area contributed by atoms with Crippen molar-refractivity contribution in [1.82, 2.24) is 0 Å². The summed E-state index contributed by atoms with van der Waals surface area (Å²) in [6.45, 7) is -0.334. The molecule has 6 heteroatoms. The quantitative estimate of drug-likeness (QED) is 0.582. The SMILES string of the molecule is COc1ccc(N[C@@H]2O[C@@H](CO)[C@@H](O)[C@H]2O)cc1. The number of nitrogens with one attached hydrogen (secondary N) is 1. The number of benzene rings is 1. The first-order valence-corrected chi connectivity index (χ1v) is 5.68. The molecule has 1 aromatic rings. The number of hydrogen-bond donors (Lipinski definition) is 4. The van der Waals surface area contributed by atoms with Crippen molar-refractivity contribution in [2.24, 2.45) is 0 Å². The van der Waals surface area contributed by atoms with Crippen molar-refractivity contribution in [3.63, 3.8) is 0 Å². The molecule has 100 valence electrons. The Kier molecular flexibility index (Phi) is 4.03. The van der Waals surface area contributed by atoms with Gasteiger partial charge in [0.25, 0.3) is 0 Å². The summed E-state index contributed by atoms with van der Waals surface area (Å²) in [6, 6.07) is 7.08. The van der Waals surface area contributed by atoms with E-state index in [1.54, 1.807) is 31.4 Å². The van der Waals surface area contributed by atoms with Gasteiger partial charge in [-0.15, -0.1) is 0 Å². The molecular weight excluding hydrogens is 238 g/mol. The lowest BCUT2D eigenvalue weighted by Gasteiger charge is -2.17. The van der Waals surface area contributed by atoms with Crippen molar-refractivity contribution in [2.75, 3.05) is 19.0 Å². The zero-order valence-electron chi connectivity index (χ0n) is 9.98. The van der Waals surface area contributed by atoms with E-state index in [0.29, 0.717) is 0 Å². The number of anilines is 1. The summed E-state index contributed by atoms with van der Waals surface area (Å²) in [7, 11) is 1.58. The molecule has 2 rings (SSSR count). The van der Waals surface area contributed by atoms with Crippen molar-refractivity contribution in [3.8, 4) is 5.75 Å². The molecule has 0 radical (unpaired) electrons. The first-order valence-electron chi connectivity index (χ1n) is 5.68. The lowest BCUT2D eigenvalue weighted by Crippen LogP contribution is -2.36. The highest BCUT2D eigenvalue weighted by molar-refractivity contribution is 5.47. The van der Waals surface area contributed by atoms with Crippen LogP contribution in [0.4, 0.5) is 5.69 Å². The molecule has 0 unspecified atom stereocenters. The molecule has 6 nitrogen and oxygen atoms in total. The third-order valence-corrected chi connectivity index (χ3v) is 2.94. The number of ether oxygens (including phenoxy) is 2. The van der Waals surface area contributed by atoms with Gasteiger partial charge < -0.3 is 30.1 Å². The minimum absolute atomic E-state index is 0.334.